The SMILES string of the molecule is O=C(CCC(=O)N1CCC(C(=O)O)C1)c1ccccc1. The highest BCUT2D eigenvalue weighted by atomic mass is 16.4. The number of benzene rings is 1. The van der Waals surface area contributed by atoms with E-state index in [4.69, 9.17) is 5.11 Å². The summed E-state index contributed by atoms with van der Waals surface area (Å²) in [6, 6.07) is 8.85. The van der Waals surface area contributed by atoms with E-state index in [1.54, 1.807) is 24.3 Å². The molecule has 1 N–H and O–H groups in total. The Labute approximate surface area is 117 Å². The lowest BCUT2D eigenvalue weighted by molar-refractivity contribution is -0.141. The van der Waals surface area contributed by atoms with Gasteiger partial charge in [0, 0.05) is 31.5 Å². The molecule has 106 valence electrons. The highest BCUT2D eigenvalue weighted by Gasteiger charge is 2.30. The van der Waals surface area contributed by atoms with Crippen molar-refractivity contribution in [2.45, 2.75) is 19.3 Å². The fourth-order valence-corrected chi connectivity index (χ4v) is 2.34. The number of aliphatic carboxylic acids is 1. The summed E-state index contributed by atoms with van der Waals surface area (Å²) in [7, 11) is 0. The van der Waals surface area contributed by atoms with Crippen LogP contribution in [-0.4, -0.2) is 40.8 Å². The van der Waals surface area contributed by atoms with Crippen molar-refractivity contribution in [1.82, 2.24) is 4.90 Å². The largest absolute Gasteiger partial charge is 0.481 e. The van der Waals surface area contributed by atoms with Crippen LogP contribution in [0.25, 0.3) is 0 Å². The van der Waals surface area contributed by atoms with Gasteiger partial charge in [0.05, 0.1) is 5.92 Å². The van der Waals surface area contributed by atoms with Gasteiger partial charge in [0.1, 0.15) is 0 Å². The minimum atomic E-state index is -0.860. The molecule has 0 bridgehead atoms. The van der Waals surface area contributed by atoms with Crippen LogP contribution < -0.4 is 0 Å². The first-order valence-electron chi connectivity index (χ1n) is 6.67. The van der Waals surface area contributed by atoms with Crippen LogP contribution in [0.15, 0.2) is 30.3 Å². The number of nitrogens with zero attached hydrogens (tertiary/aromatic N) is 1. The van der Waals surface area contributed by atoms with Gasteiger partial charge in [0.2, 0.25) is 5.91 Å². The van der Waals surface area contributed by atoms with Crippen LogP contribution in [0.3, 0.4) is 0 Å². The minimum absolute atomic E-state index is 0.0621. The predicted molar refractivity (Wildman–Crippen MR) is 72.3 cm³/mol. The molecule has 1 fully saturated rings. The maximum absolute atomic E-state index is 11.9. The predicted octanol–water partition coefficient (Wildman–Crippen LogP) is 1.58. The molecule has 0 radical (unpaired) electrons. The lowest BCUT2D eigenvalue weighted by Gasteiger charge is -2.15. The number of carbonyl (C=O) groups is 3. The molecular formula is C15H17NO4. The third-order valence-corrected chi connectivity index (χ3v) is 3.55. The summed E-state index contributed by atoms with van der Waals surface area (Å²) in [6.45, 7) is 0.725. The number of amides is 1. The van der Waals surface area contributed by atoms with Crippen molar-refractivity contribution in [1.29, 1.82) is 0 Å². The number of carboxylic acids is 1. The maximum Gasteiger partial charge on any atom is 0.308 e. The molecule has 0 spiro atoms. The van der Waals surface area contributed by atoms with Gasteiger partial charge in [-0.15, -0.1) is 0 Å². The van der Waals surface area contributed by atoms with Crippen molar-refractivity contribution in [3.05, 3.63) is 35.9 Å². The normalized spacial score (nSPS) is 18.0. The lowest BCUT2D eigenvalue weighted by atomic mass is 10.1. The molecule has 1 atom stereocenters. The van der Waals surface area contributed by atoms with E-state index < -0.39 is 11.9 Å². The zero-order valence-corrected chi connectivity index (χ0v) is 11.1. The topological polar surface area (TPSA) is 74.7 Å². The summed E-state index contributed by atoms with van der Waals surface area (Å²) >= 11 is 0. The van der Waals surface area contributed by atoms with Crippen LogP contribution in [0.5, 0.6) is 0 Å². The van der Waals surface area contributed by atoms with Gasteiger partial charge in [-0.05, 0) is 6.42 Å². The van der Waals surface area contributed by atoms with Gasteiger partial charge in [-0.25, -0.2) is 0 Å². The van der Waals surface area contributed by atoms with E-state index in [-0.39, 0.29) is 31.1 Å². The number of ketones is 1. The third-order valence-electron chi connectivity index (χ3n) is 3.55. The molecule has 1 saturated heterocycles. The number of carboxylic acid groups (broad SMARTS) is 1. The van der Waals surface area contributed by atoms with Crippen LogP contribution in [0, 0.1) is 5.92 Å². The molecule has 20 heavy (non-hydrogen) atoms. The van der Waals surface area contributed by atoms with Gasteiger partial charge in [-0.3, -0.25) is 14.4 Å². The van der Waals surface area contributed by atoms with E-state index in [0.29, 0.717) is 18.5 Å². The van der Waals surface area contributed by atoms with E-state index in [9.17, 15) is 14.4 Å². The summed E-state index contributed by atoms with van der Waals surface area (Å²) in [6.07, 6.45) is 0.796. The fourth-order valence-electron chi connectivity index (χ4n) is 2.34. The van der Waals surface area contributed by atoms with Crippen LogP contribution in [0.2, 0.25) is 0 Å². The van der Waals surface area contributed by atoms with Crippen LogP contribution in [0.4, 0.5) is 0 Å². The highest BCUT2D eigenvalue weighted by Crippen LogP contribution is 2.18. The summed E-state index contributed by atoms with van der Waals surface area (Å²) in [4.78, 5) is 36.2. The van der Waals surface area contributed by atoms with E-state index >= 15 is 0 Å². The van der Waals surface area contributed by atoms with Crippen LogP contribution in [0.1, 0.15) is 29.6 Å². The number of rotatable bonds is 5. The number of hydrogen-bond donors (Lipinski definition) is 1. The second-order valence-corrected chi connectivity index (χ2v) is 4.95. The average Bonchev–Trinajstić information content (AvgIpc) is 2.95. The Balaban J connectivity index is 1.81. The Morgan fingerprint density at radius 1 is 1.15 bits per heavy atom. The fraction of sp³-hybridized carbons (Fsp3) is 0.400. The molecule has 1 aliphatic heterocycles. The van der Waals surface area contributed by atoms with Gasteiger partial charge in [-0.2, -0.15) is 0 Å². The quantitative estimate of drug-likeness (QED) is 0.828. The number of hydrogen-bond acceptors (Lipinski definition) is 3. The van der Waals surface area contributed by atoms with Gasteiger partial charge in [0.25, 0.3) is 0 Å². The van der Waals surface area contributed by atoms with Gasteiger partial charge in [-0.1, -0.05) is 30.3 Å². The van der Waals surface area contributed by atoms with Crippen LogP contribution >= 0.6 is 0 Å². The standard InChI is InChI=1S/C15H17NO4/c17-13(11-4-2-1-3-5-11)6-7-14(18)16-9-8-12(10-16)15(19)20/h1-5,12H,6-10H2,(H,19,20). The molecule has 5 heteroatoms. The molecule has 1 aromatic carbocycles. The smallest absolute Gasteiger partial charge is 0.308 e. The molecule has 1 unspecified atom stereocenters. The monoisotopic (exact) mass is 275 g/mol. The number of Topliss-reactive ketones (excluding diaryl/α,β-unsaturated/α-hetero) is 1. The Morgan fingerprint density at radius 2 is 1.85 bits per heavy atom. The van der Waals surface area contributed by atoms with Crippen molar-refractivity contribution in [3.8, 4) is 0 Å². The van der Waals surface area contributed by atoms with Crippen molar-refractivity contribution < 1.29 is 19.5 Å². The van der Waals surface area contributed by atoms with Crippen molar-refractivity contribution >= 4 is 17.7 Å². The number of carbonyl (C=O) groups excluding carboxylic acids is 2. The van der Waals surface area contributed by atoms with Crippen molar-refractivity contribution in [2.75, 3.05) is 13.1 Å². The molecule has 0 aliphatic carbocycles. The summed E-state index contributed by atoms with van der Waals surface area (Å²) in [5.74, 6) is -1.53. The zero-order valence-electron chi connectivity index (χ0n) is 11.1. The lowest BCUT2D eigenvalue weighted by Crippen LogP contribution is -2.30. The van der Waals surface area contributed by atoms with Crippen LogP contribution in [-0.2, 0) is 9.59 Å². The van der Waals surface area contributed by atoms with Gasteiger partial charge in [0.15, 0.2) is 5.78 Å². The Bertz CT molecular complexity index is 512. The van der Waals surface area contributed by atoms with Gasteiger partial charge >= 0.3 is 5.97 Å². The zero-order chi connectivity index (χ0) is 14.5. The highest BCUT2D eigenvalue weighted by molar-refractivity contribution is 5.97. The summed E-state index contributed by atoms with van der Waals surface area (Å²) in [5, 5.41) is 8.89. The first-order valence-corrected chi connectivity index (χ1v) is 6.67. The minimum Gasteiger partial charge on any atom is -0.481 e. The molecule has 0 saturated carbocycles. The summed E-state index contributed by atoms with van der Waals surface area (Å²) in [5.41, 5.74) is 0.602. The molecule has 1 aliphatic rings. The van der Waals surface area contributed by atoms with E-state index in [1.165, 1.54) is 4.90 Å². The van der Waals surface area contributed by atoms with Crippen molar-refractivity contribution in [3.63, 3.8) is 0 Å². The first-order chi connectivity index (χ1) is 9.58. The number of likely N-dealkylation sites (tertiary alicyclic amines) is 1. The van der Waals surface area contributed by atoms with Gasteiger partial charge < -0.3 is 10.0 Å². The molecule has 0 aromatic heterocycles. The van der Waals surface area contributed by atoms with Crippen molar-refractivity contribution in [2.24, 2.45) is 5.92 Å². The Hall–Kier alpha value is -2.17. The molecular weight excluding hydrogens is 258 g/mol. The molecule has 5 nitrogen and oxygen atoms in total. The van der Waals surface area contributed by atoms with E-state index in [2.05, 4.69) is 0 Å². The van der Waals surface area contributed by atoms with E-state index in [0.717, 1.165) is 0 Å². The second-order valence-electron chi connectivity index (χ2n) is 4.95. The Kier molecular flexibility index (Phi) is 4.50. The average molecular weight is 275 g/mol. The summed E-state index contributed by atoms with van der Waals surface area (Å²) < 4.78 is 0. The molecule has 1 heterocycles. The first kappa shape index (κ1) is 14.2. The third kappa shape index (κ3) is 3.44. The molecule has 2 rings (SSSR count). The van der Waals surface area contributed by atoms with E-state index in [1.807, 2.05) is 6.07 Å². The Morgan fingerprint density at radius 3 is 2.45 bits per heavy atom. The molecule has 1 amide bonds. The molecule has 1 aromatic rings. The second kappa shape index (κ2) is 6.32. The maximum atomic E-state index is 11.9.